The zero-order valence-electron chi connectivity index (χ0n) is 13.2. The van der Waals surface area contributed by atoms with Crippen LogP contribution in [0.3, 0.4) is 0 Å². The second kappa shape index (κ2) is 6.22. The summed E-state index contributed by atoms with van der Waals surface area (Å²) in [7, 11) is 0. The van der Waals surface area contributed by atoms with Crippen LogP contribution in [0, 0.1) is 0 Å². The number of aromatic nitrogens is 3. The highest BCUT2D eigenvalue weighted by molar-refractivity contribution is 4.98. The fourth-order valence-electron chi connectivity index (χ4n) is 2.96. The molecule has 1 unspecified atom stereocenters. The van der Waals surface area contributed by atoms with Gasteiger partial charge in [0.05, 0.1) is 6.10 Å². The monoisotopic (exact) mass is 280 g/mol. The van der Waals surface area contributed by atoms with Crippen molar-refractivity contribution in [2.45, 2.75) is 71.1 Å². The van der Waals surface area contributed by atoms with Crippen LogP contribution in [0.25, 0.3) is 0 Å². The molecule has 0 spiro atoms. The SMILES string of the molecule is CC(C)n1ncnc1CC(O)C(C)(C)N1CCCCC1. The Kier molecular flexibility index (Phi) is 4.81. The molecule has 1 N–H and O–H groups in total. The summed E-state index contributed by atoms with van der Waals surface area (Å²) in [6.45, 7) is 10.6. The van der Waals surface area contributed by atoms with Gasteiger partial charge in [0.25, 0.3) is 0 Å². The van der Waals surface area contributed by atoms with E-state index in [4.69, 9.17) is 0 Å². The molecule has 0 saturated carbocycles. The summed E-state index contributed by atoms with van der Waals surface area (Å²) in [5.41, 5.74) is -0.214. The Bertz CT molecular complexity index is 421. The van der Waals surface area contributed by atoms with E-state index < -0.39 is 6.10 Å². The highest BCUT2D eigenvalue weighted by Crippen LogP contribution is 2.25. The van der Waals surface area contributed by atoms with Gasteiger partial charge in [-0.05, 0) is 53.6 Å². The standard InChI is InChI=1S/C15H28N4O/c1-12(2)19-14(16-11-17-19)10-13(20)15(3,4)18-8-6-5-7-9-18/h11-13,20H,5-10H2,1-4H3. The van der Waals surface area contributed by atoms with E-state index in [0.717, 1.165) is 18.9 Å². The molecule has 0 amide bonds. The van der Waals surface area contributed by atoms with Crippen LogP contribution in [-0.2, 0) is 6.42 Å². The molecule has 2 heterocycles. The van der Waals surface area contributed by atoms with Crippen molar-refractivity contribution in [3.8, 4) is 0 Å². The Morgan fingerprint density at radius 1 is 1.25 bits per heavy atom. The van der Waals surface area contributed by atoms with Gasteiger partial charge in [0, 0.05) is 18.0 Å². The van der Waals surface area contributed by atoms with Gasteiger partial charge >= 0.3 is 0 Å². The van der Waals surface area contributed by atoms with E-state index in [9.17, 15) is 5.11 Å². The smallest absolute Gasteiger partial charge is 0.138 e. The van der Waals surface area contributed by atoms with Crippen LogP contribution in [0.4, 0.5) is 0 Å². The minimum atomic E-state index is -0.428. The van der Waals surface area contributed by atoms with E-state index in [1.54, 1.807) is 6.33 Å². The maximum atomic E-state index is 10.7. The van der Waals surface area contributed by atoms with Crippen LogP contribution in [-0.4, -0.2) is 49.5 Å². The van der Waals surface area contributed by atoms with Crippen molar-refractivity contribution in [3.63, 3.8) is 0 Å². The van der Waals surface area contributed by atoms with Gasteiger partial charge in [-0.1, -0.05) is 6.42 Å². The Balaban J connectivity index is 2.06. The average Bonchev–Trinajstić information content (AvgIpc) is 2.88. The second-order valence-corrected chi connectivity index (χ2v) is 6.64. The topological polar surface area (TPSA) is 54.2 Å². The van der Waals surface area contributed by atoms with Gasteiger partial charge in [0.2, 0.25) is 0 Å². The van der Waals surface area contributed by atoms with Crippen LogP contribution < -0.4 is 0 Å². The molecule has 0 aliphatic carbocycles. The van der Waals surface area contributed by atoms with Crippen molar-refractivity contribution in [2.24, 2.45) is 0 Å². The molecule has 1 saturated heterocycles. The van der Waals surface area contributed by atoms with E-state index in [1.807, 2.05) is 4.68 Å². The summed E-state index contributed by atoms with van der Waals surface area (Å²) in [6.07, 6.45) is 5.49. The molecule has 20 heavy (non-hydrogen) atoms. The van der Waals surface area contributed by atoms with Crippen LogP contribution in [0.2, 0.25) is 0 Å². The molecule has 0 radical (unpaired) electrons. The average molecular weight is 280 g/mol. The molecule has 1 aromatic rings. The van der Waals surface area contributed by atoms with Crippen molar-refractivity contribution < 1.29 is 5.11 Å². The molecule has 5 nitrogen and oxygen atoms in total. The Morgan fingerprint density at radius 2 is 1.90 bits per heavy atom. The predicted octanol–water partition coefficient (Wildman–Crippen LogP) is 2.03. The number of likely N-dealkylation sites (tertiary alicyclic amines) is 1. The Hall–Kier alpha value is -0.940. The lowest BCUT2D eigenvalue weighted by Crippen LogP contribution is -2.55. The first kappa shape index (κ1) is 15.4. The normalized spacial score (nSPS) is 19.5. The molecular weight excluding hydrogens is 252 g/mol. The van der Waals surface area contributed by atoms with Crippen molar-refractivity contribution >= 4 is 0 Å². The first-order chi connectivity index (χ1) is 9.43. The molecule has 5 heteroatoms. The molecule has 1 fully saturated rings. The number of aliphatic hydroxyl groups is 1. The first-order valence-electron chi connectivity index (χ1n) is 7.74. The Morgan fingerprint density at radius 3 is 2.50 bits per heavy atom. The lowest BCUT2D eigenvalue weighted by atomic mass is 9.90. The minimum absolute atomic E-state index is 0.214. The van der Waals surface area contributed by atoms with Crippen LogP contribution in [0.5, 0.6) is 0 Å². The van der Waals surface area contributed by atoms with Crippen LogP contribution >= 0.6 is 0 Å². The van der Waals surface area contributed by atoms with Crippen molar-refractivity contribution in [1.82, 2.24) is 19.7 Å². The van der Waals surface area contributed by atoms with Crippen LogP contribution in [0.15, 0.2) is 6.33 Å². The van der Waals surface area contributed by atoms with Gasteiger partial charge in [-0.25, -0.2) is 9.67 Å². The van der Waals surface area contributed by atoms with E-state index >= 15 is 0 Å². The molecule has 0 bridgehead atoms. The third-order valence-corrected chi connectivity index (χ3v) is 4.50. The maximum Gasteiger partial charge on any atom is 0.138 e. The summed E-state index contributed by atoms with van der Waals surface area (Å²) >= 11 is 0. The number of aliphatic hydroxyl groups excluding tert-OH is 1. The van der Waals surface area contributed by atoms with E-state index in [0.29, 0.717) is 6.42 Å². The van der Waals surface area contributed by atoms with Crippen molar-refractivity contribution in [1.29, 1.82) is 0 Å². The van der Waals surface area contributed by atoms with Crippen LogP contribution in [0.1, 0.15) is 58.8 Å². The fraction of sp³-hybridized carbons (Fsp3) is 0.867. The molecule has 0 aromatic carbocycles. The molecule has 1 aliphatic rings. The summed E-state index contributed by atoms with van der Waals surface area (Å²) in [6, 6.07) is 0.276. The lowest BCUT2D eigenvalue weighted by Gasteiger charge is -2.44. The highest BCUT2D eigenvalue weighted by atomic mass is 16.3. The second-order valence-electron chi connectivity index (χ2n) is 6.64. The third-order valence-electron chi connectivity index (χ3n) is 4.50. The molecule has 1 atom stereocenters. The van der Waals surface area contributed by atoms with Gasteiger partial charge in [-0.15, -0.1) is 0 Å². The number of piperidine rings is 1. The molecule has 114 valence electrons. The molecular formula is C15H28N4O. The van der Waals surface area contributed by atoms with Gasteiger partial charge in [0.15, 0.2) is 0 Å². The number of nitrogens with zero attached hydrogens (tertiary/aromatic N) is 4. The van der Waals surface area contributed by atoms with Gasteiger partial charge < -0.3 is 5.11 Å². The summed E-state index contributed by atoms with van der Waals surface area (Å²) in [4.78, 5) is 6.72. The molecule has 1 aliphatic heterocycles. The van der Waals surface area contributed by atoms with Crippen molar-refractivity contribution in [3.05, 3.63) is 12.2 Å². The van der Waals surface area contributed by atoms with E-state index in [-0.39, 0.29) is 11.6 Å². The third kappa shape index (κ3) is 3.20. The van der Waals surface area contributed by atoms with Gasteiger partial charge in [-0.2, -0.15) is 5.10 Å². The van der Waals surface area contributed by atoms with Gasteiger partial charge in [0.1, 0.15) is 12.2 Å². The number of rotatable bonds is 5. The molecule has 1 aromatic heterocycles. The van der Waals surface area contributed by atoms with E-state index in [2.05, 4.69) is 42.7 Å². The van der Waals surface area contributed by atoms with E-state index in [1.165, 1.54) is 19.3 Å². The Labute approximate surface area is 122 Å². The number of hydrogen-bond acceptors (Lipinski definition) is 4. The first-order valence-corrected chi connectivity index (χ1v) is 7.74. The highest BCUT2D eigenvalue weighted by Gasteiger charge is 2.35. The largest absolute Gasteiger partial charge is 0.391 e. The maximum absolute atomic E-state index is 10.7. The quantitative estimate of drug-likeness (QED) is 0.896. The zero-order valence-corrected chi connectivity index (χ0v) is 13.2. The number of hydrogen-bond donors (Lipinski definition) is 1. The summed E-state index contributed by atoms with van der Waals surface area (Å²) < 4.78 is 1.90. The van der Waals surface area contributed by atoms with Crippen molar-refractivity contribution in [2.75, 3.05) is 13.1 Å². The fourth-order valence-corrected chi connectivity index (χ4v) is 2.96. The predicted molar refractivity (Wildman–Crippen MR) is 79.6 cm³/mol. The zero-order chi connectivity index (χ0) is 14.8. The van der Waals surface area contributed by atoms with Gasteiger partial charge in [-0.3, -0.25) is 4.90 Å². The molecule has 2 rings (SSSR count). The summed E-state index contributed by atoms with van der Waals surface area (Å²) in [5, 5.41) is 14.9. The summed E-state index contributed by atoms with van der Waals surface area (Å²) in [5.74, 6) is 0.873. The lowest BCUT2D eigenvalue weighted by molar-refractivity contribution is -0.0201. The minimum Gasteiger partial charge on any atom is -0.391 e.